The number of ether oxygens (including phenoxy) is 1. The molecule has 0 bridgehead atoms. The monoisotopic (exact) mass is 211 g/mol. The first-order valence-corrected chi connectivity index (χ1v) is 4.53. The van der Waals surface area contributed by atoms with Crippen molar-refractivity contribution in [2.45, 2.75) is 12.5 Å². The van der Waals surface area contributed by atoms with Gasteiger partial charge in [0.2, 0.25) is 0 Å². The average Bonchev–Trinajstić information content (AvgIpc) is 2.66. The van der Waals surface area contributed by atoms with E-state index in [-0.39, 0.29) is 5.56 Å². The largest absolute Gasteiger partial charge is 0.493 e. The van der Waals surface area contributed by atoms with Crippen LogP contribution in [0.5, 0.6) is 5.75 Å². The first-order chi connectivity index (χ1) is 7.11. The standard InChI is InChI=1S/C10H10FNO3/c11-8-5-3-4-15-7(5)2-1-6(8)9(12)10(13)14/h1-2,9H,3-4,12H2,(H,13,14). The zero-order valence-electron chi connectivity index (χ0n) is 7.87. The molecule has 0 radical (unpaired) electrons. The molecular formula is C10H10FNO3. The lowest BCUT2D eigenvalue weighted by molar-refractivity contribution is -0.138. The maximum absolute atomic E-state index is 13.8. The van der Waals surface area contributed by atoms with Crippen molar-refractivity contribution in [3.8, 4) is 5.75 Å². The molecule has 1 unspecified atom stereocenters. The van der Waals surface area contributed by atoms with Gasteiger partial charge in [-0.25, -0.2) is 4.39 Å². The Morgan fingerprint density at radius 1 is 1.60 bits per heavy atom. The third kappa shape index (κ3) is 1.55. The second-order valence-corrected chi connectivity index (χ2v) is 3.36. The number of aliphatic carboxylic acids is 1. The number of carbonyl (C=O) groups is 1. The third-order valence-corrected chi connectivity index (χ3v) is 2.44. The number of fused-ring (bicyclic) bond motifs is 1. The van der Waals surface area contributed by atoms with Crippen LogP contribution < -0.4 is 10.5 Å². The summed E-state index contributed by atoms with van der Waals surface area (Å²) in [5, 5.41) is 8.69. The summed E-state index contributed by atoms with van der Waals surface area (Å²) in [6.07, 6.45) is 0.460. The molecule has 0 saturated carbocycles. The van der Waals surface area contributed by atoms with Crippen LogP contribution in [0.3, 0.4) is 0 Å². The molecule has 0 saturated heterocycles. The summed E-state index contributed by atoms with van der Waals surface area (Å²) in [7, 11) is 0. The summed E-state index contributed by atoms with van der Waals surface area (Å²) in [4.78, 5) is 10.6. The van der Waals surface area contributed by atoms with Crippen LogP contribution in [0.1, 0.15) is 17.2 Å². The molecule has 0 spiro atoms. The number of benzene rings is 1. The molecule has 15 heavy (non-hydrogen) atoms. The number of carboxylic acid groups (broad SMARTS) is 1. The van der Waals surface area contributed by atoms with Gasteiger partial charge in [0.15, 0.2) is 0 Å². The van der Waals surface area contributed by atoms with Crippen LogP contribution >= 0.6 is 0 Å². The first kappa shape index (κ1) is 9.92. The quantitative estimate of drug-likeness (QED) is 0.760. The van der Waals surface area contributed by atoms with Gasteiger partial charge in [-0.05, 0) is 6.07 Å². The Balaban J connectivity index is 2.46. The minimum atomic E-state index is -1.32. The second-order valence-electron chi connectivity index (χ2n) is 3.36. The van der Waals surface area contributed by atoms with Gasteiger partial charge in [-0.1, -0.05) is 6.07 Å². The summed E-state index contributed by atoms with van der Waals surface area (Å²) in [5.41, 5.74) is 5.78. The van der Waals surface area contributed by atoms with Gasteiger partial charge in [0, 0.05) is 17.5 Å². The molecule has 5 heteroatoms. The van der Waals surface area contributed by atoms with Crippen molar-refractivity contribution in [1.29, 1.82) is 0 Å². The summed E-state index contributed by atoms with van der Waals surface area (Å²) in [6, 6.07) is 1.60. The van der Waals surface area contributed by atoms with Crippen molar-refractivity contribution in [3.05, 3.63) is 29.1 Å². The number of hydrogen-bond donors (Lipinski definition) is 2. The van der Waals surface area contributed by atoms with Crippen molar-refractivity contribution >= 4 is 5.97 Å². The molecule has 1 atom stereocenters. The molecule has 1 heterocycles. The normalized spacial score (nSPS) is 15.6. The SMILES string of the molecule is NC(C(=O)O)c1ccc2c(c1F)CCO2. The van der Waals surface area contributed by atoms with Crippen molar-refractivity contribution in [3.63, 3.8) is 0 Å². The van der Waals surface area contributed by atoms with Crippen LogP contribution in [0.4, 0.5) is 4.39 Å². The third-order valence-electron chi connectivity index (χ3n) is 2.44. The topological polar surface area (TPSA) is 72.6 Å². The van der Waals surface area contributed by atoms with Gasteiger partial charge in [0.1, 0.15) is 17.6 Å². The zero-order valence-corrected chi connectivity index (χ0v) is 7.87. The van der Waals surface area contributed by atoms with Gasteiger partial charge in [-0.2, -0.15) is 0 Å². The van der Waals surface area contributed by atoms with E-state index in [1.165, 1.54) is 6.07 Å². The summed E-state index contributed by atoms with van der Waals surface area (Å²) in [5.74, 6) is -1.32. The maximum atomic E-state index is 13.8. The molecule has 0 aliphatic carbocycles. The fraction of sp³-hybridized carbons (Fsp3) is 0.300. The Bertz CT molecular complexity index is 419. The van der Waals surface area contributed by atoms with Gasteiger partial charge in [-0.15, -0.1) is 0 Å². The molecule has 80 valence electrons. The van der Waals surface area contributed by atoms with E-state index in [1.807, 2.05) is 0 Å². The number of halogens is 1. The van der Waals surface area contributed by atoms with Crippen molar-refractivity contribution in [2.24, 2.45) is 5.73 Å². The van der Waals surface area contributed by atoms with Crippen LogP contribution in [-0.4, -0.2) is 17.7 Å². The van der Waals surface area contributed by atoms with Crippen LogP contribution in [0, 0.1) is 5.82 Å². The summed E-state index contributed by atoms with van der Waals surface area (Å²) in [6.45, 7) is 0.429. The number of carboxylic acids is 1. The highest BCUT2D eigenvalue weighted by Gasteiger charge is 2.24. The van der Waals surface area contributed by atoms with Crippen molar-refractivity contribution in [2.75, 3.05) is 6.61 Å². The van der Waals surface area contributed by atoms with E-state index < -0.39 is 17.8 Å². The van der Waals surface area contributed by atoms with E-state index in [0.717, 1.165) is 0 Å². The molecule has 1 aromatic carbocycles. The molecular weight excluding hydrogens is 201 g/mol. The predicted octanol–water partition coefficient (Wildman–Crippen LogP) is 0.845. The smallest absolute Gasteiger partial charge is 0.325 e. The molecule has 1 aliphatic rings. The van der Waals surface area contributed by atoms with Crippen molar-refractivity contribution < 1.29 is 19.0 Å². The van der Waals surface area contributed by atoms with Crippen LogP contribution in [0.15, 0.2) is 12.1 Å². The Morgan fingerprint density at radius 3 is 3.00 bits per heavy atom. The average molecular weight is 211 g/mol. The lowest BCUT2D eigenvalue weighted by Gasteiger charge is -2.10. The lowest BCUT2D eigenvalue weighted by atomic mass is 10.0. The van der Waals surface area contributed by atoms with Crippen LogP contribution in [0.2, 0.25) is 0 Å². The lowest BCUT2D eigenvalue weighted by Crippen LogP contribution is -2.22. The van der Waals surface area contributed by atoms with Crippen molar-refractivity contribution in [1.82, 2.24) is 0 Å². The van der Waals surface area contributed by atoms with Gasteiger partial charge in [0.05, 0.1) is 6.61 Å². The maximum Gasteiger partial charge on any atom is 0.325 e. The molecule has 2 rings (SSSR count). The Labute approximate surface area is 85.5 Å². The zero-order chi connectivity index (χ0) is 11.0. The van der Waals surface area contributed by atoms with E-state index in [0.29, 0.717) is 24.3 Å². The molecule has 1 aromatic rings. The van der Waals surface area contributed by atoms with Gasteiger partial charge in [-0.3, -0.25) is 4.79 Å². The van der Waals surface area contributed by atoms with Gasteiger partial charge < -0.3 is 15.6 Å². The molecule has 3 N–H and O–H groups in total. The van der Waals surface area contributed by atoms with Crippen LogP contribution in [0.25, 0.3) is 0 Å². The molecule has 0 fully saturated rings. The number of rotatable bonds is 2. The summed E-state index contributed by atoms with van der Waals surface area (Å²) < 4.78 is 18.9. The second kappa shape index (κ2) is 3.51. The molecule has 0 amide bonds. The van der Waals surface area contributed by atoms with Gasteiger partial charge in [0.25, 0.3) is 0 Å². The molecule has 0 aromatic heterocycles. The fourth-order valence-corrected chi connectivity index (χ4v) is 1.63. The first-order valence-electron chi connectivity index (χ1n) is 4.53. The highest BCUT2D eigenvalue weighted by Crippen LogP contribution is 2.31. The van der Waals surface area contributed by atoms with Gasteiger partial charge >= 0.3 is 5.97 Å². The van der Waals surface area contributed by atoms with E-state index >= 15 is 0 Å². The van der Waals surface area contributed by atoms with E-state index in [9.17, 15) is 9.18 Å². The van der Waals surface area contributed by atoms with E-state index in [2.05, 4.69) is 0 Å². The molecule has 1 aliphatic heterocycles. The summed E-state index contributed by atoms with van der Waals surface area (Å²) >= 11 is 0. The van der Waals surface area contributed by atoms with E-state index in [1.54, 1.807) is 6.07 Å². The number of hydrogen-bond acceptors (Lipinski definition) is 3. The Morgan fingerprint density at radius 2 is 2.33 bits per heavy atom. The predicted molar refractivity (Wildman–Crippen MR) is 50.2 cm³/mol. The molecule has 4 nitrogen and oxygen atoms in total. The Kier molecular flexibility index (Phi) is 2.32. The van der Waals surface area contributed by atoms with E-state index in [4.69, 9.17) is 15.6 Å². The number of nitrogens with two attached hydrogens (primary N) is 1. The minimum absolute atomic E-state index is 0.00625. The highest BCUT2D eigenvalue weighted by atomic mass is 19.1. The fourth-order valence-electron chi connectivity index (χ4n) is 1.63. The Hall–Kier alpha value is -1.62. The highest BCUT2D eigenvalue weighted by molar-refractivity contribution is 5.75. The van der Waals surface area contributed by atoms with Crippen LogP contribution in [-0.2, 0) is 11.2 Å². The minimum Gasteiger partial charge on any atom is -0.493 e.